The van der Waals surface area contributed by atoms with E-state index in [1.54, 1.807) is 40.7 Å². The highest BCUT2D eigenvalue weighted by Crippen LogP contribution is 2.16. The summed E-state index contributed by atoms with van der Waals surface area (Å²) in [4.78, 5) is 34.6. The van der Waals surface area contributed by atoms with Crippen LogP contribution in [-0.2, 0) is 11.3 Å². The second-order valence-electron chi connectivity index (χ2n) is 4.54. The van der Waals surface area contributed by atoms with Crippen LogP contribution < -0.4 is 4.80 Å². The van der Waals surface area contributed by atoms with Crippen LogP contribution in [0.15, 0.2) is 41.1 Å². The van der Waals surface area contributed by atoms with Crippen molar-refractivity contribution in [2.75, 3.05) is 0 Å². The summed E-state index contributed by atoms with van der Waals surface area (Å²) < 4.78 is 1.66. The zero-order valence-corrected chi connectivity index (χ0v) is 12.2. The zero-order chi connectivity index (χ0) is 15.5. The number of thiazole rings is 1. The van der Waals surface area contributed by atoms with Gasteiger partial charge in [-0.1, -0.05) is 0 Å². The molecule has 7 nitrogen and oxygen atoms in total. The third kappa shape index (κ3) is 2.82. The van der Waals surface area contributed by atoms with E-state index in [0.29, 0.717) is 21.4 Å². The number of carboxylic acid groups (broad SMARTS) is 1. The van der Waals surface area contributed by atoms with Crippen LogP contribution in [0.25, 0.3) is 11.0 Å². The average Bonchev–Trinajstić information content (AvgIpc) is 3.11. The number of fused-ring (bicyclic) bond motifs is 1. The van der Waals surface area contributed by atoms with Gasteiger partial charge in [0.2, 0.25) is 0 Å². The molecular weight excluding hydrogens is 304 g/mol. The van der Waals surface area contributed by atoms with Gasteiger partial charge in [-0.15, -0.1) is 11.3 Å². The van der Waals surface area contributed by atoms with Gasteiger partial charge in [0.15, 0.2) is 4.80 Å². The summed E-state index contributed by atoms with van der Waals surface area (Å²) in [5, 5.41) is 11.2. The highest BCUT2D eigenvalue weighted by atomic mass is 32.1. The minimum Gasteiger partial charge on any atom is -0.481 e. The summed E-state index contributed by atoms with van der Waals surface area (Å²) in [6, 6.07) is 3.56. The van der Waals surface area contributed by atoms with Crippen LogP contribution in [0.3, 0.4) is 0 Å². The number of nitrogens with zero attached hydrogens (tertiary/aromatic N) is 3. The SMILES string of the molecule is O=C(O)CCn1ccsc1=NC(=O)c1c[nH]c2ncccc12. The average molecular weight is 316 g/mol. The first-order valence-electron chi connectivity index (χ1n) is 6.52. The predicted octanol–water partition coefficient (Wildman–Crippen LogP) is 1.64. The van der Waals surface area contributed by atoms with Crippen LogP contribution in [0.2, 0.25) is 0 Å². The van der Waals surface area contributed by atoms with E-state index in [-0.39, 0.29) is 18.9 Å². The van der Waals surface area contributed by atoms with Gasteiger partial charge in [0, 0.05) is 35.9 Å². The molecule has 3 heterocycles. The second kappa shape index (κ2) is 5.94. The fourth-order valence-electron chi connectivity index (χ4n) is 2.05. The molecule has 0 saturated heterocycles. The molecule has 3 rings (SSSR count). The van der Waals surface area contributed by atoms with Crippen molar-refractivity contribution in [2.45, 2.75) is 13.0 Å². The number of aromatic amines is 1. The number of hydrogen-bond acceptors (Lipinski definition) is 4. The number of carbonyl (C=O) groups is 2. The maximum Gasteiger partial charge on any atom is 0.305 e. The van der Waals surface area contributed by atoms with E-state index in [2.05, 4.69) is 15.0 Å². The molecule has 0 aromatic carbocycles. The summed E-state index contributed by atoms with van der Waals surface area (Å²) in [5.41, 5.74) is 1.08. The molecule has 112 valence electrons. The van der Waals surface area contributed by atoms with Crippen LogP contribution in [-0.4, -0.2) is 31.5 Å². The molecule has 0 spiro atoms. The maximum absolute atomic E-state index is 12.3. The first-order valence-corrected chi connectivity index (χ1v) is 7.40. The van der Waals surface area contributed by atoms with Gasteiger partial charge in [-0.25, -0.2) is 4.98 Å². The van der Waals surface area contributed by atoms with E-state index in [1.807, 2.05) is 0 Å². The van der Waals surface area contributed by atoms with E-state index >= 15 is 0 Å². The van der Waals surface area contributed by atoms with Gasteiger partial charge < -0.3 is 14.7 Å². The highest BCUT2D eigenvalue weighted by molar-refractivity contribution is 7.07. The minimum absolute atomic E-state index is 0.0187. The van der Waals surface area contributed by atoms with Crippen molar-refractivity contribution in [1.82, 2.24) is 14.5 Å². The van der Waals surface area contributed by atoms with E-state index in [0.717, 1.165) is 0 Å². The summed E-state index contributed by atoms with van der Waals surface area (Å²) in [5.74, 6) is -1.27. The Labute approximate surface area is 128 Å². The summed E-state index contributed by atoms with van der Waals surface area (Å²) in [6.45, 7) is 0.278. The van der Waals surface area contributed by atoms with Crippen molar-refractivity contribution in [3.8, 4) is 0 Å². The lowest BCUT2D eigenvalue weighted by molar-refractivity contribution is -0.137. The quantitative estimate of drug-likeness (QED) is 0.764. The third-order valence-corrected chi connectivity index (χ3v) is 3.90. The van der Waals surface area contributed by atoms with Crippen molar-refractivity contribution >= 4 is 34.2 Å². The molecule has 0 aliphatic carbocycles. The van der Waals surface area contributed by atoms with Gasteiger partial charge in [-0.2, -0.15) is 4.99 Å². The summed E-state index contributed by atoms with van der Waals surface area (Å²) >= 11 is 1.29. The first kappa shape index (κ1) is 14.2. The van der Waals surface area contributed by atoms with Crippen LogP contribution in [0.1, 0.15) is 16.8 Å². The number of H-pyrrole nitrogens is 1. The number of hydrogen-bond donors (Lipinski definition) is 2. The number of carbonyl (C=O) groups excluding carboxylic acids is 1. The van der Waals surface area contributed by atoms with Gasteiger partial charge >= 0.3 is 5.97 Å². The Hall–Kier alpha value is -2.74. The van der Waals surface area contributed by atoms with Crippen LogP contribution in [0.5, 0.6) is 0 Å². The molecule has 0 bridgehead atoms. The number of carboxylic acids is 1. The van der Waals surface area contributed by atoms with Crippen molar-refractivity contribution in [3.05, 3.63) is 46.5 Å². The number of pyridine rings is 1. The lowest BCUT2D eigenvalue weighted by Crippen LogP contribution is -2.18. The van der Waals surface area contributed by atoms with Gasteiger partial charge in [-0.05, 0) is 12.1 Å². The van der Waals surface area contributed by atoms with Gasteiger partial charge in [0.25, 0.3) is 5.91 Å². The Morgan fingerprint density at radius 2 is 2.32 bits per heavy atom. The van der Waals surface area contributed by atoms with Gasteiger partial charge in [-0.3, -0.25) is 9.59 Å². The Balaban J connectivity index is 1.93. The summed E-state index contributed by atoms with van der Waals surface area (Å²) in [7, 11) is 0. The largest absolute Gasteiger partial charge is 0.481 e. The smallest absolute Gasteiger partial charge is 0.305 e. The fourth-order valence-corrected chi connectivity index (χ4v) is 2.81. The topological polar surface area (TPSA) is 100 Å². The fraction of sp³-hybridized carbons (Fsp3) is 0.143. The number of aliphatic carboxylic acids is 1. The Morgan fingerprint density at radius 3 is 3.14 bits per heavy atom. The number of rotatable bonds is 4. The molecule has 22 heavy (non-hydrogen) atoms. The Morgan fingerprint density at radius 1 is 1.45 bits per heavy atom. The molecule has 0 atom stereocenters. The van der Waals surface area contributed by atoms with Crippen molar-refractivity contribution < 1.29 is 14.7 Å². The molecular formula is C14H12N4O3S. The standard InChI is InChI=1S/C14H12N4O3S/c19-11(20)3-5-18-6-7-22-14(18)17-13(21)10-8-16-12-9(10)2-1-4-15-12/h1-2,4,6-8H,3,5H2,(H,15,16)(H,19,20). The van der Waals surface area contributed by atoms with Crippen molar-refractivity contribution in [3.63, 3.8) is 0 Å². The zero-order valence-electron chi connectivity index (χ0n) is 11.4. The molecule has 0 unspecified atom stereocenters. The normalized spacial score (nSPS) is 11.9. The number of aromatic nitrogens is 3. The summed E-state index contributed by atoms with van der Waals surface area (Å²) in [6.07, 6.45) is 4.92. The van der Waals surface area contributed by atoms with E-state index < -0.39 is 5.97 Å². The molecule has 0 saturated carbocycles. The molecule has 3 aromatic heterocycles. The molecule has 0 aliphatic rings. The van der Waals surface area contributed by atoms with Crippen LogP contribution in [0.4, 0.5) is 0 Å². The predicted molar refractivity (Wildman–Crippen MR) is 80.5 cm³/mol. The molecule has 2 N–H and O–H groups in total. The monoisotopic (exact) mass is 316 g/mol. The minimum atomic E-state index is -0.890. The first-order chi connectivity index (χ1) is 10.6. The number of amides is 1. The Kier molecular flexibility index (Phi) is 3.84. The molecule has 8 heteroatoms. The van der Waals surface area contributed by atoms with Crippen molar-refractivity contribution in [1.29, 1.82) is 0 Å². The maximum atomic E-state index is 12.3. The molecule has 0 aliphatic heterocycles. The molecule has 0 radical (unpaired) electrons. The Bertz CT molecular complexity index is 906. The number of nitrogens with one attached hydrogen (secondary N) is 1. The number of aryl methyl sites for hydroxylation is 1. The van der Waals surface area contributed by atoms with Crippen LogP contribution >= 0.6 is 11.3 Å². The molecule has 3 aromatic rings. The third-order valence-electron chi connectivity index (χ3n) is 3.11. The van der Waals surface area contributed by atoms with Crippen LogP contribution in [0, 0.1) is 0 Å². The van der Waals surface area contributed by atoms with Crippen molar-refractivity contribution in [2.24, 2.45) is 4.99 Å². The van der Waals surface area contributed by atoms with Gasteiger partial charge in [0.05, 0.1) is 12.0 Å². The van der Waals surface area contributed by atoms with E-state index in [1.165, 1.54) is 11.3 Å². The van der Waals surface area contributed by atoms with Gasteiger partial charge in [0.1, 0.15) is 5.65 Å². The highest BCUT2D eigenvalue weighted by Gasteiger charge is 2.12. The second-order valence-corrected chi connectivity index (χ2v) is 5.41. The van der Waals surface area contributed by atoms with E-state index in [9.17, 15) is 9.59 Å². The lowest BCUT2D eigenvalue weighted by Gasteiger charge is -1.99. The molecule has 0 fully saturated rings. The lowest BCUT2D eigenvalue weighted by atomic mass is 10.2. The van der Waals surface area contributed by atoms with E-state index in [4.69, 9.17) is 5.11 Å². The molecule has 1 amide bonds.